The minimum Gasteiger partial charge on any atom is -0.484 e. The number of carboxylic acid groups (broad SMARTS) is 1. The zero-order valence-corrected chi connectivity index (χ0v) is 12.2. The first-order valence-electron chi connectivity index (χ1n) is 6.63. The summed E-state index contributed by atoms with van der Waals surface area (Å²) >= 11 is 0. The van der Waals surface area contributed by atoms with E-state index in [2.05, 4.69) is 0 Å². The van der Waals surface area contributed by atoms with Gasteiger partial charge in [0.05, 0.1) is 0 Å². The number of rotatable bonds is 7. The van der Waals surface area contributed by atoms with Crippen molar-refractivity contribution >= 4 is 11.9 Å². The summed E-state index contributed by atoms with van der Waals surface area (Å²) in [5.74, 6) is -0.710. The molecule has 1 amide bonds. The topological polar surface area (TPSA) is 66.8 Å². The van der Waals surface area contributed by atoms with Gasteiger partial charge >= 0.3 is 5.97 Å². The van der Waals surface area contributed by atoms with E-state index in [-0.39, 0.29) is 19.1 Å². The van der Waals surface area contributed by atoms with Gasteiger partial charge in [-0.3, -0.25) is 9.59 Å². The second-order valence-corrected chi connectivity index (χ2v) is 4.74. The molecule has 110 valence electrons. The fourth-order valence-electron chi connectivity index (χ4n) is 1.77. The number of benzene rings is 1. The lowest BCUT2D eigenvalue weighted by Gasteiger charge is -2.20. The third-order valence-corrected chi connectivity index (χ3v) is 3.01. The van der Waals surface area contributed by atoms with E-state index in [4.69, 9.17) is 9.84 Å². The molecule has 0 saturated heterocycles. The molecule has 0 aliphatic carbocycles. The van der Waals surface area contributed by atoms with Crippen molar-refractivity contribution in [3.8, 4) is 5.75 Å². The van der Waals surface area contributed by atoms with Crippen molar-refractivity contribution in [2.24, 2.45) is 0 Å². The van der Waals surface area contributed by atoms with Crippen molar-refractivity contribution in [3.63, 3.8) is 0 Å². The van der Waals surface area contributed by atoms with Crippen molar-refractivity contribution < 1.29 is 19.4 Å². The van der Waals surface area contributed by atoms with E-state index in [9.17, 15) is 9.59 Å². The lowest BCUT2D eigenvalue weighted by molar-refractivity contribution is -0.145. The number of aryl methyl sites for hydroxylation is 2. The van der Waals surface area contributed by atoms with Crippen molar-refractivity contribution in [2.45, 2.75) is 27.2 Å². The van der Waals surface area contributed by atoms with Crippen LogP contribution in [0.5, 0.6) is 5.75 Å². The summed E-state index contributed by atoms with van der Waals surface area (Å²) in [5.41, 5.74) is 2.24. The minimum absolute atomic E-state index is 0.143. The van der Waals surface area contributed by atoms with Crippen LogP contribution in [0, 0.1) is 13.8 Å². The lowest BCUT2D eigenvalue weighted by Crippen LogP contribution is -2.39. The number of ether oxygens (including phenoxy) is 1. The Bertz CT molecular complexity index is 485. The largest absolute Gasteiger partial charge is 0.484 e. The van der Waals surface area contributed by atoms with Crippen molar-refractivity contribution in [1.82, 2.24) is 4.90 Å². The molecule has 0 atom stereocenters. The van der Waals surface area contributed by atoms with E-state index in [1.807, 2.05) is 32.9 Å². The number of hydrogen-bond acceptors (Lipinski definition) is 3. The van der Waals surface area contributed by atoms with Gasteiger partial charge in [-0.25, -0.2) is 0 Å². The summed E-state index contributed by atoms with van der Waals surface area (Å²) in [4.78, 5) is 23.9. The molecule has 5 heteroatoms. The highest BCUT2D eigenvalue weighted by Gasteiger charge is 2.16. The summed E-state index contributed by atoms with van der Waals surface area (Å²) in [6.07, 6.45) is 0.711. The van der Waals surface area contributed by atoms with Crippen LogP contribution < -0.4 is 4.74 Å². The first kappa shape index (κ1) is 16.0. The van der Waals surface area contributed by atoms with Gasteiger partial charge < -0.3 is 14.7 Å². The summed E-state index contributed by atoms with van der Waals surface area (Å²) in [5, 5.41) is 8.78. The van der Waals surface area contributed by atoms with E-state index in [1.165, 1.54) is 4.90 Å². The normalized spacial score (nSPS) is 10.2. The molecular formula is C15H21NO4. The second kappa shape index (κ2) is 7.53. The van der Waals surface area contributed by atoms with E-state index < -0.39 is 5.97 Å². The zero-order chi connectivity index (χ0) is 15.1. The third-order valence-electron chi connectivity index (χ3n) is 3.01. The van der Waals surface area contributed by atoms with Gasteiger partial charge in [0.1, 0.15) is 12.3 Å². The number of aliphatic carboxylic acids is 1. The summed E-state index contributed by atoms with van der Waals surface area (Å²) < 4.78 is 5.43. The van der Waals surface area contributed by atoms with Crippen molar-refractivity contribution in [2.75, 3.05) is 19.7 Å². The SMILES string of the molecule is CCCN(CC(=O)O)C(=O)COc1ccc(C)c(C)c1. The Morgan fingerprint density at radius 1 is 1.25 bits per heavy atom. The van der Waals surface area contributed by atoms with Gasteiger partial charge in [0.15, 0.2) is 6.61 Å². The van der Waals surface area contributed by atoms with Crippen molar-refractivity contribution in [1.29, 1.82) is 0 Å². The summed E-state index contributed by atoms with van der Waals surface area (Å²) in [7, 11) is 0. The van der Waals surface area contributed by atoms with Crippen LogP contribution in [-0.2, 0) is 9.59 Å². The van der Waals surface area contributed by atoms with Crippen LogP contribution in [-0.4, -0.2) is 41.6 Å². The predicted molar refractivity (Wildman–Crippen MR) is 75.9 cm³/mol. The van der Waals surface area contributed by atoms with Crippen LogP contribution >= 0.6 is 0 Å². The number of carbonyl (C=O) groups is 2. The molecule has 1 aromatic rings. The first-order valence-corrected chi connectivity index (χ1v) is 6.63. The molecule has 0 saturated carbocycles. The maximum atomic E-state index is 11.9. The number of nitrogens with zero attached hydrogens (tertiary/aromatic N) is 1. The van der Waals surface area contributed by atoms with Gasteiger partial charge in [-0.1, -0.05) is 13.0 Å². The highest BCUT2D eigenvalue weighted by Crippen LogP contribution is 2.16. The van der Waals surface area contributed by atoms with Gasteiger partial charge in [-0.05, 0) is 43.5 Å². The van der Waals surface area contributed by atoms with Crippen molar-refractivity contribution in [3.05, 3.63) is 29.3 Å². The molecule has 1 rings (SSSR count). The summed E-state index contributed by atoms with van der Waals surface area (Å²) in [6, 6.07) is 5.59. The Kier molecular flexibility index (Phi) is 6.03. The smallest absolute Gasteiger partial charge is 0.323 e. The number of amides is 1. The van der Waals surface area contributed by atoms with E-state index in [0.29, 0.717) is 18.7 Å². The Morgan fingerprint density at radius 2 is 1.95 bits per heavy atom. The van der Waals surface area contributed by atoms with Gasteiger partial charge in [-0.2, -0.15) is 0 Å². The average molecular weight is 279 g/mol. The molecule has 0 unspecified atom stereocenters. The quantitative estimate of drug-likeness (QED) is 0.829. The standard InChI is InChI=1S/C15H21NO4/c1-4-7-16(9-15(18)19)14(17)10-20-13-6-5-11(2)12(3)8-13/h5-6,8H,4,7,9-10H2,1-3H3,(H,18,19). The molecule has 1 N–H and O–H groups in total. The average Bonchev–Trinajstić information content (AvgIpc) is 2.39. The Hall–Kier alpha value is -2.04. The maximum absolute atomic E-state index is 11.9. The van der Waals surface area contributed by atoms with Crippen LogP contribution in [0.15, 0.2) is 18.2 Å². The molecule has 0 bridgehead atoms. The molecule has 0 spiro atoms. The molecule has 0 aromatic heterocycles. The number of carboxylic acids is 1. The fourth-order valence-corrected chi connectivity index (χ4v) is 1.77. The molecule has 1 aromatic carbocycles. The summed E-state index contributed by atoms with van der Waals surface area (Å²) in [6.45, 7) is 5.85. The fraction of sp³-hybridized carbons (Fsp3) is 0.467. The van der Waals surface area contributed by atoms with E-state index >= 15 is 0 Å². The Morgan fingerprint density at radius 3 is 2.50 bits per heavy atom. The minimum atomic E-state index is -1.02. The molecule has 20 heavy (non-hydrogen) atoms. The van der Waals surface area contributed by atoms with E-state index in [1.54, 1.807) is 6.07 Å². The Balaban J connectivity index is 2.59. The third kappa shape index (κ3) is 4.91. The molecular weight excluding hydrogens is 258 g/mol. The lowest BCUT2D eigenvalue weighted by atomic mass is 10.1. The van der Waals surface area contributed by atoms with Crippen LogP contribution in [0.3, 0.4) is 0 Å². The molecule has 0 aliphatic heterocycles. The predicted octanol–water partition coefficient (Wildman–Crippen LogP) is 2.01. The number of hydrogen-bond donors (Lipinski definition) is 1. The highest BCUT2D eigenvalue weighted by atomic mass is 16.5. The van der Waals surface area contributed by atoms with Gasteiger partial charge in [0, 0.05) is 6.54 Å². The van der Waals surface area contributed by atoms with Crippen LogP contribution in [0.4, 0.5) is 0 Å². The molecule has 0 aliphatic rings. The monoisotopic (exact) mass is 279 g/mol. The molecule has 0 heterocycles. The van der Waals surface area contributed by atoms with Crippen LogP contribution in [0.25, 0.3) is 0 Å². The second-order valence-electron chi connectivity index (χ2n) is 4.74. The van der Waals surface area contributed by atoms with Crippen LogP contribution in [0.1, 0.15) is 24.5 Å². The maximum Gasteiger partial charge on any atom is 0.323 e. The molecule has 0 fully saturated rings. The van der Waals surface area contributed by atoms with E-state index in [0.717, 1.165) is 11.1 Å². The van der Waals surface area contributed by atoms with Gasteiger partial charge in [0.25, 0.3) is 5.91 Å². The molecule has 0 radical (unpaired) electrons. The molecule has 5 nitrogen and oxygen atoms in total. The first-order chi connectivity index (χ1) is 9.43. The van der Waals surface area contributed by atoms with Crippen LogP contribution in [0.2, 0.25) is 0 Å². The zero-order valence-electron chi connectivity index (χ0n) is 12.2. The van der Waals surface area contributed by atoms with Gasteiger partial charge in [0.2, 0.25) is 0 Å². The highest BCUT2D eigenvalue weighted by molar-refractivity contribution is 5.82. The van der Waals surface area contributed by atoms with Gasteiger partial charge in [-0.15, -0.1) is 0 Å². The Labute approximate surface area is 119 Å². The number of carbonyl (C=O) groups excluding carboxylic acids is 1.